The molecule has 0 heterocycles. The zero-order chi connectivity index (χ0) is 11.7. The Morgan fingerprint density at radius 3 is 2.47 bits per heavy atom. The van der Waals surface area contributed by atoms with E-state index in [-0.39, 0.29) is 5.78 Å². The molecule has 1 unspecified atom stereocenters. The third kappa shape index (κ3) is 3.03. The Bertz CT molecular complexity index is 280. The number of esters is 1. The first-order valence-electron chi connectivity index (χ1n) is 5.21. The Morgan fingerprint density at radius 1 is 1.40 bits per heavy atom. The van der Waals surface area contributed by atoms with Gasteiger partial charge in [0.1, 0.15) is 5.60 Å². The number of carbonyl (C=O) groups excluding carboxylic acids is 2. The number of carbonyl (C=O) groups is 2. The van der Waals surface area contributed by atoms with Crippen molar-refractivity contribution in [3.8, 4) is 0 Å². The minimum Gasteiger partial charge on any atom is -0.459 e. The van der Waals surface area contributed by atoms with Crippen LogP contribution in [-0.4, -0.2) is 21.7 Å². The first-order chi connectivity index (χ1) is 6.76. The minimum atomic E-state index is -1.08. The van der Waals surface area contributed by atoms with E-state index < -0.39 is 15.9 Å². The maximum atomic E-state index is 11.9. The van der Waals surface area contributed by atoms with Gasteiger partial charge in [-0.1, -0.05) is 22.4 Å². The first-order valence-corrected chi connectivity index (χ1v) is 6.01. The first kappa shape index (κ1) is 12.7. The van der Waals surface area contributed by atoms with Gasteiger partial charge in [0.15, 0.2) is 10.1 Å². The van der Waals surface area contributed by atoms with Gasteiger partial charge in [-0.05, 0) is 33.6 Å². The second-order valence-electron chi connectivity index (χ2n) is 4.93. The predicted octanol–water partition coefficient (Wildman–Crippen LogP) is 2.60. The summed E-state index contributed by atoms with van der Waals surface area (Å²) >= 11 is 3.26. The van der Waals surface area contributed by atoms with Gasteiger partial charge >= 0.3 is 5.97 Å². The Morgan fingerprint density at radius 2 is 2.00 bits per heavy atom. The molecule has 1 atom stereocenters. The van der Waals surface area contributed by atoms with Gasteiger partial charge in [-0.2, -0.15) is 0 Å². The molecule has 0 bridgehead atoms. The molecule has 0 saturated heterocycles. The summed E-state index contributed by atoms with van der Waals surface area (Å²) in [5.74, 6) is -0.497. The van der Waals surface area contributed by atoms with E-state index >= 15 is 0 Å². The van der Waals surface area contributed by atoms with Crippen molar-refractivity contribution in [3.05, 3.63) is 0 Å². The highest BCUT2D eigenvalue weighted by Crippen LogP contribution is 2.35. The van der Waals surface area contributed by atoms with Gasteiger partial charge < -0.3 is 4.74 Å². The molecule has 1 aliphatic rings. The molecule has 0 amide bonds. The summed E-state index contributed by atoms with van der Waals surface area (Å²) in [6, 6.07) is 0. The van der Waals surface area contributed by atoms with E-state index in [0.29, 0.717) is 12.8 Å². The number of ether oxygens (including phenoxy) is 1. The van der Waals surface area contributed by atoms with Crippen molar-refractivity contribution in [1.29, 1.82) is 0 Å². The lowest BCUT2D eigenvalue weighted by molar-refractivity contribution is -0.160. The second-order valence-corrected chi connectivity index (χ2v) is 6.29. The molecule has 0 aromatic rings. The molecule has 15 heavy (non-hydrogen) atoms. The number of alkyl halides is 1. The molecule has 1 saturated carbocycles. The number of ketones is 1. The SMILES string of the molecule is CC(C)(C)OC(=O)C1(Br)CCCCC1=O. The fraction of sp³-hybridized carbons (Fsp3) is 0.818. The molecular formula is C11H17BrO3. The van der Waals surface area contributed by atoms with Crippen LogP contribution in [0, 0.1) is 0 Å². The Hall–Kier alpha value is -0.380. The van der Waals surface area contributed by atoms with E-state index in [2.05, 4.69) is 15.9 Å². The molecule has 86 valence electrons. The molecule has 1 rings (SSSR count). The molecule has 3 nitrogen and oxygen atoms in total. The molecule has 0 spiro atoms. The third-order valence-corrected chi connectivity index (χ3v) is 3.50. The minimum absolute atomic E-state index is 0.0528. The summed E-state index contributed by atoms with van der Waals surface area (Å²) in [4.78, 5) is 23.6. The highest BCUT2D eigenvalue weighted by molar-refractivity contribution is 9.10. The van der Waals surface area contributed by atoms with Crippen LogP contribution in [0.5, 0.6) is 0 Å². The topological polar surface area (TPSA) is 43.4 Å². The van der Waals surface area contributed by atoms with Crippen LogP contribution < -0.4 is 0 Å². The van der Waals surface area contributed by atoms with Crippen molar-refractivity contribution in [1.82, 2.24) is 0 Å². The van der Waals surface area contributed by atoms with Crippen molar-refractivity contribution in [2.75, 3.05) is 0 Å². The summed E-state index contributed by atoms with van der Waals surface area (Å²) in [6.45, 7) is 5.40. The molecule has 0 aliphatic heterocycles. The molecular weight excluding hydrogens is 260 g/mol. The number of hydrogen-bond donors (Lipinski definition) is 0. The van der Waals surface area contributed by atoms with Crippen molar-refractivity contribution in [3.63, 3.8) is 0 Å². The van der Waals surface area contributed by atoms with E-state index in [1.807, 2.05) is 0 Å². The number of Topliss-reactive ketones (excluding diaryl/α,β-unsaturated/α-hetero) is 1. The molecule has 1 fully saturated rings. The third-order valence-electron chi connectivity index (χ3n) is 2.34. The van der Waals surface area contributed by atoms with Crippen molar-refractivity contribution >= 4 is 27.7 Å². The summed E-state index contributed by atoms with van der Waals surface area (Å²) in [5, 5.41) is 0. The molecule has 4 heteroatoms. The quantitative estimate of drug-likeness (QED) is 0.420. The smallest absolute Gasteiger partial charge is 0.331 e. The maximum Gasteiger partial charge on any atom is 0.331 e. The van der Waals surface area contributed by atoms with Gasteiger partial charge in [0.25, 0.3) is 0 Å². The lowest BCUT2D eigenvalue weighted by atomic mass is 9.87. The van der Waals surface area contributed by atoms with Crippen LogP contribution in [0.3, 0.4) is 0 Å². The van der Waals surface area contributed by atoms with Crippen molar-refractivity contribution < 1.29 is 14.3 Å². The highest BCUT2D eigenvalue weighted by atomic mass is 79.9. The van der Waals surface area contributed by atoms with Crippen LogP contribution in [0.2, 0.25) is 0 Å². The summed E-state index contributed by atoms with van der Waals surface area (Å²) in [7, 11) is 0. The fourth-order valence-electron chi connectivity index (χ4n) is 1.57. The highest BCUT2D eigenvalue weighted by Gasteiger charge is 2.46. The normalized spacial score (nSPS) is 27.6. The summed E-state index contributed by atoms with van der Waals surface area (Å²) < 4.78 is 4.16. The molecule has 0 radical (unpaired) electrons. The number of rotatable bonds is 1. The van der Waals surface area contributed by atoms with Gasteiger partial charge in [0.2, 0.25) is 0 Å². The Kier molecular flexibility index (Phi) is 3.59. The average molecular weight is 277 g/mol. The zero-order valence-electron chi connectivity index (χ0n) is 9.43. The largest absolute Gasteiger partial charge is 0.459 e. The molecule has 0 N–H and O–H groups in total. The Balaban J connectivity index is 2.76. The number of hydrogen-bond acceptors (Lipinski definition) is 3. The fourth-order valence-corrected chi connectivity index (χ4v) is 2.13. The van der Waals surface area contributed by atoms with E-state index in [1.165, 1.54) is 0 Å². The van der Waals surface area contributed by atoms with Gasteiger partial charge in [-0.15, -0.1) is 0 Å². The van der Waals surface area contributed by atoms with Gasteiger partial charge in [-0.25, -0.2) is 0 Å². The standard InChI is InChI=1S/C11H17BrO3/c1-10(2,3)15-9(14)11(12)7-5-4-6-8(11)13/h4-7H2,1-3H3. The van der Waals surface area contributed by atoms with Gasteiger partial charge in [0, 0.05) is 6.42 Å². The van der Waals surface area contributed by atoms with E-state index in [4.69, 9.17) is 4.74 Å². The van der Waals surface area contributed by atoms with Crippen LogP contribution in [0.25, 0.3) is 0 Å². The van der Waals surface area contributed by atoms with Crippen LogP contribution >= 0.6 is 15.9 Å². The number of halogens is 1. The summed E-state index contributed by atoms with van der Waals surface area (Å²) in [5.41, 5.74) is -0.546. The van der Waals surface area contributed by atoms with Crippen LogP contribution in [0.4, 0.5) is 0 Å². The lowest BCUT2D eigenvalue weighted by Crippen LogP contribution is -2.46. The summed E-state index contributed by atoms with van der Waals surface area (Å²) in [6.07, 6.45) is 2.76. The maximum absolute atomic E-state index is 11.9. The second kappa shape index (κ2) is 4.24. The van der Waals surface area contributed by atoms with E-state index in [1.54, 1.807) is 20.8 Å². The van der Waals surface area contributed by atoms with Crippen LogP contribution in [0.1, 0.15) is 46.5 Å². The average Bonchev–Trinajstić information content (AvgIpc) is 2.07. The van der Waals surface area contributed by atoms with Gasteiger partial charge in [0.05, 0.1) is 0 Å². The monoisotopic (exact) mass is 276 g/mol. The van der Waals surface area contributed by atoms with E-state index in [0.717, 1.165) is 12.8 Å². The predicted molar refractivity (Wildman–Crippen MR) is 61.0 cm³/mol. The molecule has 0 aromatic heterocycles. The van der Waals surface area contributed by atoms with Crippen LogP contribution in [-0.2, 0) is 14.3 Å². The van der Waals surface area contributed by atoms with E-state index in [9.17, 15) is 9.59 Å². The van der Waals surface area contributed by atoms with Gasteiger partial charge in [-0.3, -0.25) is 9.59 Å². The zero-order valence-corrected chi connectivity index (χ0v) is 11.0. The lowest BCUT2D eigenvalue weighted by Gasteiger charge is -2.31. The molecule has 0 aromatic carbocycles. The van der Waals surface area contributed by atoms with Crippen molar-refractivity contribution in [2.45, 2.75) is 56.4 Å². The van der Waals surface area contributed by atoms with Crippen molar-refractivity contribution in [2.24, 2.45) is 0 Å². The van der Waals surface area contributed by atoms with Crippen LogP contribution in [0.15, 0.2) is 0 Å². The Labute approximate surface area is 98.7 Å². The molecule has 1 aliphatic carbocycles.